The molecule has 8 heteroatoms. The van der Waals surface area contributed by atoms with Crippen LogP contribution in [0.1, 0.15) is 11.1 Å². The molecule has 30 heavy (non-hydrogen) atoms. The molecule has 0 spiro atoms. The summed E-state index contributed by atoms with van der Waals surface area (Å²) in [4.78, 5) is 30.8. The minimum absolute atomic E-state index is 0.0777. The Morgan fingerprint density at radius 2 is 1.47 bits per heavy atom. The summed E-state index contributed by atoms with van der Waals surface area (Å²) in [6.07, 6.45) is 0. The van der Waals surface area contributed by atoms with E-state index in [0.717, 1.165) is 11.1 Å². The fourth-order valence-electron chi connectivity index (χ4n) is 3.50. The van der Waals surface area contributed by atoms with Crippen molar-refractivity contribution in [3.8, 4) is 0 Å². The van der Waals surface area contributed by atoms with Crippen LogP contribution in [-0.2, 0) is 20.1 Å². The molecule has 154 valence electrons. The van der Waals surface area contributed by atoms with Gasteiger partial charge < -0.3 is 10.4 Å². The maximum Gasteiger partial charge on any atom is 0.332 e. The van der Waals surface area contributed by atoms with E-state index in [0.29, 0.717) is 23.7 Å². The number of aromatic nitrogens is 4. The highest BCUT2D eigenvalue weighted by Gasteiger charge is 2.20. The molecule has 0 aliphatic carbocycles. The molecule has 2 N–H and O–H groups in total. The van der Waals surface area contributed by atoms with Gasteiger partial charge in [-0.2, -0.15) is 4.98 Å². The summed E-state index contributed by atoms with van der Waals surface area (Å²) in [7, 11) is 1.61. The van der Waals surface area contributed by atoms with E-state index in [1.165, 1.54) is 9.13 Å². The lowest BCUT2D eigenvalue weighted by atomic mass is 10.2. The average molecular weight is 405 g/mol. The normalized spacial score (nSPS) is 11.1. The fourth-order valence-corrected chi connectivity index (χ4v) is 3.50. The van der Waals surface area contributed by atoms with Gasteiger partial charge in [0.05, 0.1) is 19.7 Å². The Balaban J connectivity index is 1.92. The van der Waals surface area contributed by atoms with E-state index in [1.807, 2.05) is 60.7 Å². The van der Waals surface area contributed by atoms with E-state index in [-0.39, 0.29) is 19.7 Å². The van der Waals surface area contributed by atoms with Crippen LogP contribution >= 0.6 is 0 Å². The zero-order valence-corrected chi connectivity index (χ0v) is 16.7. The molecule has 0 saturated heterocycles. The molecule has 0 atom stereocenters. The largest absolute Gasteiger partial charge is 0.395 e. The van der Waals surface area contributed by atoms with Gasteiger partial charge >= 0.3 is 5.69 Å². The smallest absolute Gasteiger partial charge is 0.332 e. The molecule has 0 bridgehead atoms. The van der Waals surface area contributed by atoms with Crippen molar-refractivity contribution in [1.29, 1.82) is 0 Å². The number of rotatable bonds is 7. The van der Waals surface area contributed by atoms with Gasteiger partial charge in [0.2, 0.25) is 5.95 Å². The molecule has 2 aromatic heterocycles. The standard InChI is InChI=1S/C22H23N5O3/c1-25-19-18(20(29)27(22(25)30)15-17-10-6-3-7-11-17)26(21(24-19)23-12-13-28)14-16-8-4-2-5-9-16/h2-11,28H,12-15H2,1H3,(H,23,24). The van der Waals surface area contributed by atoms with Crippen molar-refractivity contribution in [2.24, 2.45) is 7.05 Å². The van der Waals surface area contributed by atoms with Gasteiger partial charge in [0.25, 0.3) is 5.56 Å². The molecular formula is C22H23N5O3. The highest BCUT2D eigenvalue weighted by atomic mass is 16.3. The van der Waals surface area contributed by atoms with Gasteiger partial charge in [0.1, 0.15) is 0 Å². The summed E-state index contributed by atoms with van der Waals surface area (Å²) in [5.41, 5.74) is 1.70. The third-order valence-corrected chi connectivity index (χ3v) is 4.99. The van der Waals surface area contributed by atoms with Gasteiger partial charge in [-0.3, -0.25) is 18.5 Å². The molecule has 0 fully saturated rings. The van der Waals surface area contributed by atoms with Crippen LogP contribution in [0, 0.1) is 0 Å². The minimum atomic E-state index is -0.422. The monoisotopic (exact) mass is 405 g/mol. The maximum absolute atomic E-state index is 13.4. The van der Waals surface area contributed by atoms with Crippen LogP contribution in [0.3, 0.4) is 0 Å². The van der Waals surface area contributed by atoms with E-state index in [4.69, 9.17) is 0 Å². The molecule has 0 amide bonds. The number of anilines is 1. The van der Waals surface area contributed by atoms with Crippen molar-refractivity contribution in [1.82, 2.24) is 18.7 Å². The van der Waals surface area contributed by atoms with Crippen LogP contribution < -0.4 is 16.6 Å². The van der Waals surface area contributed by atoms with E-state index >= 15 is 0 Å². The molecule has 0 unspecified atom stereocenters. The average Bonchev–Trinajstić information content (AvgIpc) is 3.13. The van der Waals surface area contributed by atoms with Crippen LogP contribution in [0.2, 0.25) is 0 Å². The predicted molar refractivity (Wildman–Crippen MR) is 116 cm³/mol. The molecule has 8 nitrogen and oxygen atoms in total. The van der Waals surface area contributed by atoms with Crippen LogP contribution in [0.4, 0.5) is 5.95 Å². The van der Waals surface area contributed by atoms with Gasteiger partial charge in [-0.15, -0.1) is 0 Å². The molecule has 4 rings (SSSR count). The molecular weight excluding hydrogens is 382 g/mol. The van der Waals surface area contributed by atoms with Gasteiger partial charge in [-0.1, -0.05) is 60.7 Å². The van der Waals surface area contributed by atoms with Crippen LogP contribution in [0.25, 0.3) is 11.2 Å². The number of fused-ring (bicyclic) bond motifs is 1. The fraction of sp³-hybridized carbons (Fsp3) is 0.227. The van der Waals surface area contributed by atoms with Crippen molar-refractivity contribution < 1.29 is 5.11 Å². The Hall–Kier alpha value is -3.65. The molecule has 0 aliphatic heterocycles. The van der Waals surface area contributed by atoms with Crippen molar-refractivity contribution in [2.75, 3.05) is 18.5 Å². The summed E-state index contributed by atoms with van der Waals surface area (Å²) in [5, 5.41) is 12.3. The first-order valence-electron chi connectivity index (χ1n) is 9.73. The summed E-state index contributed by atoms with van der Waals surface area (Å²) >= 11 is 0. The molecule has 4 aromatic rings. The molecule has 0 saturated carbocycles. The second-order valence-electron chi connectivity index (χ2n) is 7.05. The Kier molecular flexibility index (Phi) is 5.49. The van der Waals surface area contributed by atoms with E-state index in [1.54, 1.807) is 11.6 Å². The summed E-state index contributed by atoms with van der Waals surface area (Å²) < 4.78 is 4.39. The Labute approximate surface area is 172 Å². The maximum atomic E-state index is 13.4. The molecule has 0 aliphatic rings. The lowest BCUT2D eigenvalue weighted by molar-refractivity contribution is 0.310. The number of aliphatic hydroxyl groups excluding tert-OH is 1. The van der Waals surface area contributed by atoms with Crippen LogP contribution in [0.15, 0.2) is 70.3 Å². The Morgan fingerprint density at radius 1 is 0.900 bits per heavy atom. The second-order valence-corrected chi connectivity index (χ2v) is 7.05. The number of aliphatic hydroxyl groups is 1. The molecule has 0 radical (unpaired) electrons. The molecule has 2 heterocycles. The van der Waals surface area contributed by atoms with E-state index < -0.39 is 11.2 Å². The zero-order valence-electron chi connectivity index (χ0n) is 16.7. The number of aryl methyl sites for hydroxylation is 1. The Bertz CT molecular complexity index is 1270. The minimum Gasteiger partial charge on any atom is -0.395 e. The highest BCUT2D eigenvalue weighted by Crippen LogP contribution is 2.18. The third-order valence-electron chi connectivity index (χ3n) is 4.99. The summed E-state index contributed by atoms with van der Waals surface area (Å²) in [6, 6.07) is 19.1. The van der Waals surface area contributed by atoms with Crippen molar-refractivity contribution in [3.63, 3.8) is 0 Å². The van der Waals surface area contributed by atoms with Gasteiger partial charge in [0, 0.05) is 13.6 Å². The highest BCUT2D eigenvalue weighted by molar-refractivity contribution is 5.74. The predicted octanol–water partition coefficient (Wildman–Crippen LogP) is 1.40. The first kappa shape index (κ1) is 19.7. The SMILES string of the molecule is Cn1c(=O)n(Cc2ccccc2)c(=O)c2c1nc(NCCO)n2Cc1ccccc1. The van der Waals surface area contributed by atoms with E-state index in [9.17, 15) is 14.7 Å². The quantitative estimate of drug-likeness (QED) is 0.485. The number of hydrogen-bond donors (Lipinski definition) is 2. The van der Waals surface area contributed by atoms with Crippen molar-refractivity contribution in [3.05, 3.63) is 92.6 Å². The second kappa shape index (κ2) is 8.38. The van der Waals surface area contributed by atoms with Crippen molar-refractivity contribution in [2.45, 2.75) is 13.1 Å². The van der Waals surface area contributed by atoms with Crippen LogP contribution in [0.5, 0.6) is 0 Å². The molecule has 2 aromatic carbocycles. The van der Waals surface area contributed by atoms with Gasteiger partial charge in [0.15, 0.2) is 11.2 Å². The Morgan fingerprint density at radius 3 is 2.03 bits per heavy atom. The van der Waals surface area contributed by atoms with Crippen molar-refractivity contribution >= 4 is 17.1 Å². The van der Waals surface area contributed by atoms with Gasteiger partial charge in [-0.05, 0) is 11.1 Å². The third kappa shape index (κ3) is 3.65. The topological polar surface area (TPSA) is 94.1 Å². The zero-order chi connectivity index (χ0) is 21.1. The number of nitrogens with one attached hydrogen (secondary N) is 1. The lowest BCUT2D eigenvalue weighted by Crippen LogP contribution is -2.40. The number of hydrogen-bond acceptors (Lipinski definition) is 5. The lowest BCUT2D eigenvalue weighted by Gasteiger charge is -2.12. The first-order valence-corrected chi connectivity index (χ1v) is 9.73. The summed E-state index contributed by atoms with van der Waals surface area (Å²) in [5.74, 6) is 0.437. The van der Waals surface area contributed by atoms with Gasteiger partial charge in [-0.25, -0.2) is 4.79 Å². The van der Waals surface area contributed by atoms with Crippen LogP contribution in [-0.4, -0.2) is 36.9 Å². The van der Waals surface area contributed by atoms with E-state index in [2.05, 4.69) is 10.3 Å². The number of imidazole rings is 1. The number of benzene rings is 2. The summed E-state index contributed by atoms with van der Waals surface area (Å²) in [6.45, 7) is 0.790. The first-order chi connectivity index (χ1) is 14.6. The number of nitrogens with zero attached hydrogens (tertiary/aromatic N) is 4.